The van der Waals surface area contributed by atoms with Crippen LogP contribution in [0.25, 0.3) is 0 Å². The van der Waals surface area contributed by atoms with E-state index in [0.29, 0.717) is 0 Å². The zero-order valence-electron chi connectivity index (χ0n) is 9.84. The molecule has 0 saturated heterocycles. The summed E-state index contributed by atoms with van der Waals surface area (Å²) in [5.74, 6) is 3.84. The van der Waals surface area contributed by atoms with Crippen LogP contribution < -0.4 is 0 Å². The molecule has 0 spiro atoms. The van der Waals surface area contributed by atoms with Gasteiger partial charge in [-0.1, -0.05) is 47.0 Å². The fourth-order valence-electron chi connectivity index (χ4n) is 2.46. The summed E-state index contributed by atoms with van der Waals surface area (Å²) >= 11 is 0. The van der Waals surface area contributed by atoms with Crippen molar-refractivity contribution in [2.75, 3.05) is 0 Å². The Labute approximate surface area is 84.1 Å². The topological polar surface area (TPSA) is 0 Å². The molecule has 0 heteroatoms. The summed E-state index contributed by atoms with van der Waals surface area (Å²) < 4.78 is 0. The number of rotatable bonds is 5. The second kappa shape index (κ2) is 5.02. The van der Waals surface area contributed by atoms with Gasteiger partial charge in [-0.3, -0.25) is 0 Å². The fraction of sp³-hybridized carbons (Fsp3) is 1.00. The van der Waals surface area contributed by atoms with Crippen molar-refractivity contribution < 1.29 is 0 Å². The van der Waals surface area contributed by atoms with Gasteiger partial charge in [-0.25, -0.2) is 0 Å². The fourth-order valence-corrected chi connectivity index (χ4v) is 2.46. The third-order valence-electron chi connectivity index (χ3n) is 3.74. The van der Waals surface area contributed by atoms with Gasteiger partial charge in [0.05, 0.1) is 0 Å². The van der Waals surface area contributed by atoms with Crippen LogP contribution in [-0.2, 0) is 0 Å². The van der Waals surface area contributed by atoms with Gasteiger partial charge in [-0.15, -0.1) is 0 Å². The predicted octanol–water partition coefficient (Wildman–Crippen LogP) is 4.49. The van der Waals surface area contributed by atoms with E-state index in [9.17, 15) is 0 Å². The van der Waals surface area contributed by atoms with E-state index in [2.05, 4.69) is 27.7 Å². The molecule has 1 rings (SSSR count). The molecule has 1 aliphatic carbocycles. The van der Waals surface area contributed by atoms with Gasteiger partial charge in [-0.05, 0) is 36.5 Å². The monoisotopic (exact) mass is 182 g/mol. The van der Waals surface area contributed by atoms with Crippen LogP contribution in [0.3, 0.4) is 0 Å². The first-order chi connectivity index (χ1) is 6.09. The van der Waals surface area contributed by atoms with Crippen molar-refractivity contribution in [2.24, 2.45) is 23.7 Å². The van der Waals surface area contributed by atoms with E-state index in [1.165, 1.54) is 32.1 Å². The van der Waals surface area contributed by atoms with Gasteiger partial charge in [0, 0.05) is 0 Å². The highest BCUT2D eigenvalue weighted by Crippen LogP contribution is 2.35. The third-order valence-corrected chi connectivity index (χ3v) is 3.74. The second-order valence-corrected chi connectivity index (χ2v) is 5.62. The highest BCUT2D eigenvalue weighted by Gasteiger charge is 2.22. The Hall–Kier alpha value is 0. The normalized spacial score (nSPS) is 22.8. The van der Waals surface area contributed by atoms with Crippen molar-refractivity contribution in [3.63, 3.8) is 0 Å². The molecular weight excluding hydrogens is 156 g/mol. The van der Waals surface area contributed by atoms with Crippen LogP contribution in [0.15, 0.2) is 0 Å². The molecule has 2 atom stereocenters. The lowest BCUT2D eigenvalue weighted by Gasteiger charge is -2.31. The Bertz CT molecular complexity index is 133. The Morgan fingerprint density at radius 2 is 1.62 bits per heavy atom. The van der Waals surface area contributed by atoms with Gasteiger partial charge in [0.1, 0.15) is 0 Å². The SMILES string of the molecule is CC(C)CC(C)C(C)CC1CCC1. The van der Waals surface area contributed by atoms with Gasteiger partial charge < -0.3 is 0 Å². The smallest absolute Gasteiger partial charge is 0.0412 e. The molecule has 0 aromatic heterocycles. The quantitative estimate of drug-likeness (QED) is 0.587. The minimum absolute atomic E-state index is 0.874. The Kier molecular flexibility index (Phi) is 4.28. The molecule has 78 valence electrons. The van der Waals surface area contributed by atoms with Crippen molar-refractivity contribution in [2.45, 2.75) is 59.8 Å². The molecule has 0 N–H and O–H groups in total. The maximum Gasteiger partial charge on any atom is -0.0412 e. The molecular formula is C13H26. The standard InChI is InChI=1S/C13H26/c1-10(2)8-11(3)12(4)9-13-6-5-7-13/h10-13H,5-9H2,1-4H3. The zero-order chi connectivity index (χ0) is 9.84. The van der Waals surface area contributed by atoms with Crippen LogP contribution >= 0.6 is 0 Å². The summed E-state index contributed by atoms with van der Waals surface area (Å²) in [7, 11) is 0. The Balaban J connectivity index is 2.16. The Morgan fingerprint density at radius 3 is 2.00 bits per heavy atom. The molecule has 2 unspecified atom stereocenters. The summed E-state index contributed by atoms with van der Waals surface area (Å²) in [6.07, 6.45) is 7.43. The third kappa shape index (κ3) is 3.70. The minimum Gasteiger partial charge on any atom is -0.0628 e. The van der Waals surface area contributed by atoms with Gasteiger partial charge in [0.25, 0.3) is 0 Å². The average molecular weight is 182 g/mol. The molecule has 0 aromatic rings. The van der Waals surface area contributed by atoms with Crippen molar-refractivity contribution in [1.82, 2.24) is 0 Å². The summed E-state index contributed by atoms with van der Waals surface area (Å²) in [5, 5.41) is 0. The summed E-state index contributed by atoms with van der Waals surface area (Å²) in [5.41, 5.74) is 0. The van der Waals surface area contributed by atoms with E-state index in [4.69, 9.17) is 0 Å². The molecule has 0 amide bonds. The van der Waals surface area contributed by atoms with Crippen LogP contribution in [0, 0.1) is 23.7 Å². The van der Waals surface area contributed by atoms with Crippen LogP contribution in [0.5, 0.6) is 0 Å². The zero-order valence-corrected chi connectivity index (χ0v) is 9.84. The van der Waals surface area contributed by atoms with E-state index in [1.54, 1.807) is 0 Å². The highest BCUT2D eigenvalue weighted by molar-refractivity contribution is 4.74. The van der Waals surface area contributed by atoms with Gasteiger partial charge >= 0.3 is 0 Å². The maximum absolute atomic E-state index is 2.45. The van der Waals surface area contributed by atoms with E-state index >= 15 is 0 Å². The lowest BCUT2D eigenvalue weighted by atomic mass is 9.75. The molecule has 0 aliphatic heterocycles. The summed E-state index contributed by atoms with van der Waals surface area (Å²) in [4.78, 5) is 0. The van der Waals surface area contributed by atoms with Crippen molar-refractivity contribution in [3.8, 4) is 0 Å². The van der Waals surface area contributed by atoms with E-state index < -0.39 is 0 Å². The van der Waals surface area contributed by atoms with Crippen LogP contribution in [-0.4, -0.2) is 0 Å². The van der Waals surface area contributed by atoms with Crippen molar-refractivity contribution in [3.05, 3.63) is 0 Å². The molecule has 0 aromatic carbocycles. The summed E-state index contributed by atoms with van der Waals surface area (Å²) in [6, 6.07) is 0. The Morgan fingerprint density at radius 1 is 1.00 bits per heavy atom. The first-order valence-electron chi connectivity index (χ1n) is 6.09. The average Bonchev–Trinajstić information content (AvgIpc) is 1.94. The van der Waals surface area contributed by atoms with E-state index in [-0.39, 0.29) is 0 Å². The second-order valence-electron chi connectivity index (χ2n) is 5.62. The molecule has 0 radical (unpaired) electrons. The number of hydrogen-bond acceptors (Lipinski definition) is 0. The van der Waals surface area contributed by atoms with Crippen molar-refractivity contribution >= 4 is 0 Å². The van der Waals surface area contributed by atoms with Gasteiger partial charge in [0.2, 0.25) is 0 Å². The van der Waals surface area contributed by atoms with Gasteiger partial charge in [-0.2, -0.15) is 0 Å². The largest absolute Gasteiger partial charge is 0.0628 e. The van der Waals surface area contributed by atoms with Crippen LogP contribution in [0.4, 0.5) is 0 Å². The predicted molar refractivity (Wildman–Crippen MR) is 59.7 cm³/mol. The van der Waals surface area contributed by atoms with Crippen LogP contribution in [0.1, 0.15) is 59.8 Å². The molecule has 0 bridgehead atoms. The van der Waals surface area contributed by atoms with E-state index in [0.717, 1.165) is 23.7 Å². The maximum atomic E-state index is 2.45. The molecule has 1 fully saturated rings. The molecule has 0 nitrogen and oxygen atoms in total. The molecule has 13 heavy (non-hydrogen) atoms. The molecule has 1 saturated carbocycles. The molecule has 1 aliphatic rings. The lowest BCUT2D eigenvalue weighted by molar-refractivity contribution is 0.207. The lowest BCUT2D eigenvalue weighted by Crippen LogP contribution is -2.19. The van der Waals surface area contributed by atoms with E-state index in [1.807, 2.05) is 0 Å². The minimum atomic E-state index is 0.874. The molecule has 0 heterocycles. The number of hydrogen-bond donors (Lipinski definition) is 0. The van der Waals surface area contributed by atoms with Crippen molar-refractivity contribution in [1.29, 1.82) is 0 Å². The highest BCUT2D eigenvalue weighted by atomic mass is 14.3. The summed E-state index contributed by atoms with van der Waals surface area (Å²) in [6.45, 7) is 9.56. The van der Waals surface area contributed by atoms with Crippen LogP contribution in [0.2, 0.25) is 0 Å². The first-order valence-corrected chi connectivity index (χ1v) is 6.09. The van der Waals surface area contributed by atoms with Gasteiger partial charge in [0.15, 0.2) is 0 Å². The first kappa shape index (κ1) is 11.1.